The maximum absolute atomic E-state index is 13.8. The van der Waals surface area contributed by atoms with Gasteiger partial charge in [-0.25, -0.2) is 4.79 Å². The molecule has 0 spiro atoms. The summed E-state index contributed by atoms with van der Waals surface area (Å²) in [6, 6.07) is 6.05. The van der Waals surface area contributed by atoms with Gasteiger partial charge in [-0.15, -0.1) is 0 Å². The summed E-state index contributed by atoms with van der Waals surface area (Å²) in [7, 11) is 0. The number of amides is 3. The van der Waals surface area contributed by atoms with E-state index in [-0.39, 0.29) is 11.8 Å². The van der Waals surface area contributed by atoms with Gasteiger partial charge in [-0.05, 0) is 70.6 Å². The first-order valence-corrected chi connectivity index (χ1v) is 13.6. The van der Waals surface area contributed by atoms with Crippen molar-refractivity contribution in [1.29, 1.82) is 0 Å². The van der Waals surface area contributed by atoms with Crippen molar-refractivity contribution in [3.05, 3.63) is 35.4 Å². The number of nitrogens with zero attached hydrogens (tertiary/aromatic N) is 1. The number of carbonyl (C=O) groups is 3. The number of unbranched alkanes of at least 4 members (excludes halogenated alkanes) is 2. The Morgan fingerprint density at radius 1 is 1.12 bits per heavy atom. The fraction of sp³-hybridized carbons (Fsp3) is 0.654. The van der Waals surface area contributed by atoms with E-state index in [2.05, 4.69) is 17.6 Å². The van der Waals surface area contributed by atoms with Crippen molar-refractivity contribution < 1.29 is 19.1 Å². The van der Waals surface area contributed by atoms with E-state index in [1.54, 1.807) is 37.4 Å². The first-order valence-electron chi connectivity index (χ1n) is 12.2. The zero-order valence-electron chi connectivity index (χ0n) is 21.9. The van der Waals surface area contributed by atoms with Gasteiger partial charge in [-0.1, -0.05) is 44.0 Å². The molecule has 0 heterocycles. The first kappa shape index (κ1) is 29.8. The van der Waals surface area contributed by atoms with E-state index in [0.29, 0.717) is 25.3 Å². The van der Waals surface area contributed by atoms with Gasteiger partial charge in [0, 0.05) is 13.1 Å². The number of hydrogen-bond donors (Lipinski definition) is 2. The maximum Gasteiger partial charge on any atom is 0.408 e. The summed E-state index contributed by atoms with van der Waals surface area (Å²) >= 11 is 1.59. The Morgan fingerprint density at radius 2 is 1.79 bits per heavy atom. The minimum Gasteiger partial charge on any atom is -0.444 e. The van der Waals surface area contributed by atoms with E-state index < -0.39 is 23.8 Å². The molecule has 1 aromatic carbocycles. The van der Waals surface area contributed by atoms with Crippen LogP contribution in [0.1, 0.15) is 77.5 Å². The van der Waals surface area contributed by atoms with E-state index in [1.807, 2.05) is 44.4 Å². The van der Waals surface area contributed by atoms with Gasteiger partial charge in [0.1, 0.15) is 17.7 Å². The number of nitrogens with one attached hydrogen (secondary N) is 2. The topological polar surface area (TPSA) is 87.7 Å². The highest BCUT2D eigenvalue weighted by Gasteiger charge is 2.35. The van der Waals surface area contributed by atoms with Crippen molar-refractivity contribution in [3.63, 3.8) is 0 Å². The third-order valence-corrected chi connectivity index (χ3v) is 5.99. The van der Waals surface area contributed by atoms with E-state index in [1.165, 1.54) is 0 Å². The van der Waals surface area contributed by atoms with Crippen LogP contribution in [0.5, 0.6) is 0 Å². The summed E-state index contributed by atoms with van der Waals surface area (Å²) in [6.07, 6.45) is 4.73. The molecule has 0 fully saturated rings. The van der Waals surface area contributed by atoms with Crippen LogP contribution in [0, 0.1) is 6.92 Å². The molecule has 0 saturated carbocycles. The van der Waals surface area contributed by atoms with Crippen molar-refractivity contribution in [1.82, 2.24) is 15.5 Å². The lowest BCUT2D eigenvalue weighted by molar-refractivity contribution is -0.142. The number of benzene rings is 1. The Labute approximate surface area is 209 Å². The van der Waals surface area contributed by atoms with Gasteiger partial charge in [0.15, 0.2) is 0 Å². The molecule has 1 rings (SSSR count). The molecule has 0 aliphatic heterocycles. The zero-order valence-corrected chi connectivity index (χ0v) is 22.7. The second-order valence-corrected chi connectivity index (χ2v) is 10.3. The highest BCUT2D eigenvalue weighted by molar-refractivity contribution is 7.98. The molecule has 192 valence electrons. The van der Waals surface area contributed by atoms with Crippen molar-refractivity contribution in [2.24, 2.45) is 0 Å². The quantitative estimate of drug-likeness (QED) is 0.384. The Morgan fingerprint density at radius 3 is 2.35 bits per heavy atom. The highest BCUT2D eigenvalue weighted by Crippen LogP contribution is 2.26. The van der Waals surface area contributed by atoms with Crippen LogP contribution in [-0.2, 0) is 14.3 Å². The molecular formula is C26H43N3O4S. The van der Waals surface area contributed by atoms with Gasteiger partial charge in [-0.2, -0.15) is 11.8 Å². The number of rotatable bonds is 13. The van der Waals surface area contributed by atoms with Crippen LogP contribution in [0.25, 0.3) is 0 Å². The Bertz CT molecular complexity index is 794. The Kier molecular flexibility index (Phi) is 13.1. The van der Waals surface area contributed by atoms with E-state index in [0.717, 1.165) is 30.4 Å². The molecule has 0 radical (unpaired) electrons. The van der Waals surface area contributed by atoms with E-state index in [4.69, 9.17) is 4.74 Å². The van der Waals surface area contributed by atoms with Gasteiger partial charge >= 0.3 is 6.09 Å². The molecule has 1 aromatic rings. The third kappa shape index (κ3) is 9.95. The molecule has 0 aromatic heterocycles. The van der Waals surface area contributed by atoms with Crippen LogP contribution < -0.4 is 10.6 Å². The summed E-state index contributed by atoms with van der Waals surface area (Å²) in [5.41, 5.74) is 1.04. The smallest absolute Gasteiger partial charge is 0.408 e. The standard InChI is InChI=1S/C26H43N3O4S/c1-8-10-13-17-27-23(30)22(20-15-12-11-14-19(20)3)29(9-2)24(31)21(16-18-34-7)28-25(32)33-26(4,5)6/h11-12,14-15,21-22H,8-10,13,16-18H2,1-7H3,(H,27,30)(H,28,32). The molecule has 2 atom stereocenters. The normalized spacial score (nSPS) is 13.0. The monoisotopic (exact) mass is 493 g/mol. The minimum atomic E-state index is -0.790. The largest absolute Gasteiger partial charge is 0.444 e. The lowest BCUT2D eigenvalue weighted by atomic mass is 9.98. The molecule has 0 bridgehead atoms. The molecular weight excluding hydrogens is 450 g/mol. The fourth-order valence-electron chi connectivity index (χ4n) is 3.64. The van der Waals surface area contributed by atoms with Crippen molar-refractivity contribution in [2.45, 2.75) is 84.9 Å². The SMILES string of the molecule is CCCCCNC(=O)C(c1ccccc1C)N(CC)C(=O)C(CCSC)NC(=O)OC(C)(C)C. The zero-order chi connectivity index (χ0) is 25.7. The number of thioether (sulfide) groups is 1. The van der Waals surface area contributed by atoms with E-state index in [9.17, 15) is 14.4 Å². The molecule has 2 N–H and O–H groups in total. The fourth-order valence-corrected chi connectivity index (χ4v) is 4.11. The summed E-state index contributed by atoms with van der Waals surface area (Å²) in [6.45, 7) is 12.1. The van der Waals surface area contributed by atoms with Gasteiger partial charge in [0.2, 0.25) is 11.8 Å². The number of ether oxygens (including phenoxy) is 1. The number of likely N-dealkylation sites (N-methyl/N-ethyl adjacent to an activating group) is 1. The van der Waals surface area contributed by atoms with Crippen LogP contribution in [0.3, 0.4) is 0 Å². The van der Waals surface area contributed by atoms with Crippen LogP contribution >= 0.6 is 11.8 Å². The van der Waals surface area contributed by atoms with Crippen LogP contribution in [0.4, 0.5) is 4.79 Å². The first-order chi connectivity index (χ1) is 16.1. The molecule has 8 heteroatoms. The van der Waals surface area contributed by atoms with Gasteiger partial charge in [0.05, 0.1) is 0 Å². The summed E-state index contributed by atoms with van der Waals surface area (Å²) in [5.74, 6) is 0.183. The van der Waals surface area contributed by atoms with Crippen LogP contribution in [-0.4, -0.2) is 59.5 Å². The second kappa shape index (κ2) is 14.9. The predicted molar refractivity (Wildman–Crippen MR) is 140 cm³/mol. The third-order valence-electron chi connectivity index (χ3n) is 5.35. The molecule has 2 unspecified atom stereocenters. The number of carbonyl (C=O) groups excluding carboxylic acids is 3. The van der Waals surface area contributed by atoms with Crippen molar-refractivity contribution in [2.75, 3.05) is 25.1 Å². The number of hydrogen-bond acceptors (Lipinski definition) is 5. The van der Waals surface area contributed by atoms with Gasteiger partial charge in [0.25, 0.3) is 0 Å². The molecule has 7 nitrogen and oxygen atoms in total. The lowest BCUT2D eigenvalue weighted by Crippen LogP contribution is -2.53. The average Bonchev–Trinajstić information content (AvgIpc) is 2.76. The van der Waals surface area contributed by atoms with Crippen LogP contribution in [0.2, 0.25) is 0 Å². The predicted octanol–water partition coefficient (Wildman–Crippen LogP) is 4.84. The highest BCUT2D eigenvalue weighted by atomic mass is 32.2. The van der Waals surface area contributed by atoms with Crippen molar-refractivity contribution >= 4 is 29.7 Å². The second-order valence-electron chi connectivity index (χ2n) is 9.36. The molecule has 0 aliphatic rings. The average molecular weight is 494 g/mol. The molecule has 34 heavy (non-hydrogen) atoms. The Balaban J connectivity index is 3.25. The lowest BCUT2D eigenvalue weighted by Gasteiger charge is -2.34. The molecule has 0 saturated heterocycles. The minimum absolute atomic E-state index is 0.207. The Hall–Kier alpha value is -2.22. The number of aryl methyl sites for hydroxylation is 1. The van der Waals surface area contributed by atoms with Crippen molar-refractivity contribution in [3.8, 4) is 0 Å². The summed E-state index contributed by atoms with van der Waals surface area (Å²) in [4.78, 5) is 41.2. The van der Waals surface area contributed by atoms with Gasteiger partial charge < -0.3 is 20.3 Å². The van der Waals surface area contributed by atoms with Gasteiger partial charge in [-0.3, -0.25) is 9.59 Å². The summed E-state index contributed by atoms with van der Waals surface area (Å²) < 4.78 is 5.39. The summed E-state index contributed by atoms with van der Waals surface area (Å²) in [5, 5.41) is 5.76. The number of alkyl carbamates (subject to hydrolysis) is 1. The maximum atomic E-state index is 13.8. The van der Waals surface area contributed by atoms with E-state index >= 15 is 0 Å². The van der Waals surface area contributed by atoms with Crippen LogP contribution in [0.15, 0.2) is 24.3 Å². The molecule has 3 amide bonds. The molecule has 0 aliphatic carbocycles.